The van der Waals surface area contributed by atoms with Crippen molar-refractivity contribution in [3.8, 4) is 0 Å². The third-order valence-electron chi connectivity index (χ3n) is 7.04. The SMILES string of the molecule is CO[C@H]1C[C@@H](C)C2(CCN(c3nc(C)c(Sc4cccc(Cl)c4Cl)nc3CO)CC2)C1. The lowest BCUT2D eigenvalue weighted by molar-refractivity contribution is 0.0881. The zero-order chi connectivity index (χ0) is 22.2. The summed E-state index contributed by atoms with van der Waals surface area (Å²) in [7, 11) is 1.83. The predicted octanol–water partition coefficient (Wildman–Crippen LogP) is 5.77. The molecule has 1 saturated carbocycles. The van der Waals surface area contributed by atoms with Crippen LogP contribution in [-0.4, -0.2) is 41.4 Å². The molecule has 2 fully saturated rings. The fourth-order valence-electron chi connectivity index (χ4n) is 5.07. The number of aliphatic hydroxyl groups is 1. The number of aliphatic hydroxyl groups excluding tert-OH is 1. The summed E-state index contributed by atoms with van der Waals surface area (Å²) in [6, 6.07) is 5.53. The van der Waals surface area contributed by atoms with Crippen molar-refractivity contribution in [2.45, 2.75) is 62.2 Å². The number of hydrogen-bond acceptors (Lipinski definition) is 6. The maximum absolute atomic E-state index is 10.0. The molecule has 4 rings (SSSR count). The summed E-state index contributed by atoms with van der Waals surface area (Å²) >= 11 is 13.9. The van der Waals surface area contributed by atoms with E-state index in [0.717, 1.165) is 60.2 Å². The second-order valence-electron chi connectivity index (χ2n) is 8.74. The van der Waals surface area contributed by atoms with Crippen LogP contribution >= 0.6 is 35.0 Å². The van der Waals surface area contributed by atoms with E-state index in [9.17, 15) is 5.11 Å². The van der Waals surface area contributed by atoms with Crippen LogP contribution < -0.4 is 4.90 Å². The van der Waals surface area contributed by atoms with Gasteiger partial charge in [-0.2, -0.15) is 0 Å². The molecular weight excluding hydrogens is 453 g/mol. The van der Waals surface area contributed by atoms with Crippen LogP contribution in [0.5, 0.6) is 0 Å². The summed E-state index contributed by atoms with van der Waals surface area (Å²) in [5.41, 5.74) is 1.79. The van der Waals surface area contributed by atoms with Crippen molar-refractivity contribution in [3.05, 3.63) is 39.6 Å². The van der Waals surface area contributed by atoms with Crippen LogP contribution in [0.2, 0.25) is 10.0 Å². The van der Waals surface area contributed by atoms with E-state index < -0.39 is 0 Å². The molecule has 2 atom stereocenters. The summed E-state index contributed by atoms with van der Waals surface area (Å²) in [5.74, 6) is 1.47. The highest BCUT2D eigenvalue weighted by Gasteiger charge is 2.46. The molecule has 31 heavy (non-hydrogen) atoms. The van der Waals surface area contributed by atoms with Gasteiger partial charge in [-0.05, 0) is 56.1 Å². The van der Waals surface area contributed by atoms with Crippen molar-refractivity contribution in [3.63, 3.8) is 0 Å². The second-order valence-corrected chi connectivity index (χ2v) is 10.6. The Hall–Kier alpha value is -1.05. The number of halogens is 2. The van der Waals surface area contributed by atoms with E-state index in [2.05, 4.69) is 11.8 Å². The van der Waals surface area contributed by atoms with E-state index >= 15 is 0 Å². The summed E-state index contributed by atoms with van der Waals surface area (Å²) in [6.45, 7) is 6.02. The fourth-order valence-corrected chi connectivity index (χ4v) is 6.45. The monoisotopic (exact) mass is 481 g/mol. The van der Waals surface area contributed by atoms with Gasteiger partial charge in [-0.25, -0.2) is 9.97 Å². The third kappa shape index (κ3) is 4.55. The number of aryl methyl sites for hydroxylation is 1. The van der Waals surface area contributed by atoms with Crippen molar-refractivity contribution in [2.75, 3.05) is 25.1 Å². The molecule has 0 bridgehead atoms. The molecule has 1 aliphatic carbocycles. The molecule has 2 aliphatic rings. The molecule has 1 aromatic carbocycles. The highest BCUT2D eigenvalue weighted by molar-refractivity contribution is 7.99. The number of benzene rings is 1. The van der Waals surface area contributed by atoms with E-state index in [-0.39, 0.29) is 6.61 Å². The lowest BCUT2D eigenvalue weighted by Gasteiger charge is -2.43. The van der Waals surface area contributed by atoms with E-state index in [4.69, 9.17) is 37.9 Å². The summed E-state index contributed by atoms with van der Waals surface area (Å²) in [4.78, 5) is 12.7. The fraction of sp³-hybridized carbons (Fsp3) is 0.565. The van der Waals surface area contributed by atoms with Gasteiger partial charge in [0.25, 0.3) is 0 Å². The highest BCUT2D eigenvalue weighted by Crippen LogP contribution is 2.51. The minimum Gasteiger partial charge on any atom is -0.390 e. The van der Waals surface area contributed by atoms with Crippen LogP contribution in [0.3, 0.4) is 0 Å². The highest BCUT2D eigenvalue weighted by atomic mass is 35.5. The molecule has 2 heterocycles. The minimum absolute atomic E-state index is 0.150. The molecule has 2 aromatic rings. The first-order valence-corrected chi connectivity index (χ1v) is 12.3. The Morgan fingerprint density at radius 1 is 1.26 bits per heavy atom. The molecular formula is C23H29Cl2N3O2S. The van der Waals surface area contributed by atoms with Crippen molar-refractivity contribution in [1.29, 1.82) is 0 Å². The van der Waals surface area contributed by atoms with Gasteiger partial charge in [0.2, 0.25) is 0 Å². The summed E-state index contributed by atoms with van der Waals surface area (Å²) in [6.07, 6.45) is 4.91. The summed E-state index contributed by atoms with van der Waals surface area (Å²) in [5, 5.41) is 11.8. The van der Waals surface area contributed by atoms with Gasteiger partial charge >= 0.3 is 0 Å². The topological polar surface area (TPSA) is 58.5 Å². The van der Waals surface area contributed by atoms with Gasteiger partial charge in [0.15, 0.2) is 5.82 Å². The Morgan fingerprint density at radius 2 is 2.00 bits per heavy atom. The van der Waals surface area contributed by atoms with Crippen molar-refractivity contribution in [2.24, 2.45) is 11.3 Å². The normalized spacial score (nSPS) is 23.0. The lowest BCUT2D eigenvalue weighted by Crippen LogP contribution is -2.42. The molecule has 1 aliphatic heterocycles. The van der Waals surface area contributed by atoms with Gasteiger partial charge in [-0.1, -0.05) is 48.0 Å². The Kier molecular flexibility index (Phi) is 7.04. The number of piperidine rings is 1. The van der Waals surface area contributed by atoms with Crippen LogP contribution in [0.4, 0.5) is 5.82 Å². The molecule has 5 nitrogen and oxygen atoms in total. The number of ether oxygens (including phenoxy) is 1. The Morgan fingerprint density at radius 3 is 2.65 bits per heavy atom. The van der Waals surface area contributed by atoms with Crippen LogP contribution in [0, 0.1) is 18.3 Å². The molecule has 0 amide bonds. The van der Waals surface area contributed by atoms with Gasteiger partial charge in [0.05, 0.1) is 28.5 Å². The maximum atomic E-state index is 10.0. The molecule has 0 unspecified atom stereocenters. The summed E-state index contributed by atoms with van der Waals surface area (Å²) < 4.78 is 5.66. The number of rotatable bonds is 5. The first-order chi connectivity index (χ1) is 14.9. The van der Waals surface area contributed by atoms with Crippen LogP contribution in [-0.2, 0) is 11.3 Å². The van der Waals surface area contributed by atoms with Gasteiger partial charge in [0.1, 0.15) is 10.7 Å². The number of aromatic nitrogens is 2. The van der Waals surface area contributed by atoms with Gasteiger partial charge in [0, 0.05) is 25.1 Å². The average Bonchev–Trinajstić information content (AvgIpc) is 3.08. The Bertz CT molecular complexity index is 951. The number of methoxy groups -OCH3 is 1. The third-order valence-corrected chi connectivity index (χ3v) is 9.11. The zero-order valence-corrected chi connectivity index (χ0v) is 20.5. The van der Waals surface area contributed by atoms with E-state index in [1.807, 2.05) is 26.2 Å². The smallest absolute Gasteiger partial charge is 0.153 e. The number of hydrogen-bond donors (Lipinski definition) is 1. The molecule has 0 radical (unpaired) electrons. The Labute approximate surface area is 198 Å². The van der Waals surface area contributed by atoms with Crippen molar-refractivity contribution >= 4 is 40.8 Å². The van der Waals surface area contributed by atoms with E-state index in [1.165, 1.54) is 11.8 Å². The van der Waals surface area contributed by atoms with Gasteiger partial charge < -0.3 is 14.7 Å². The quantitative estimate of drug-likeness (QED) is 0.584. The number of anilines is 1. The number of nitrogens with zero attached hydrogens (tertiary/aromatic N) is 3. The van der Waals surface area contributed by atoms with Crippen molar-refractivity contribution < 1.29 is 9.84 Å². The second kappa shape index (κ2) is 9.44. The molecule has 168 valence electrons. The first kappa shape index (κ1) is 23.1. The first-order valence-electron chi connectivity index (χ1n) is 10.7. The molecule has 1 aromatic heterocycles. The van der Waals surface area contributed by atoms with Gasteiger partial charge in [-0.3, -0.25) is 0 Å². The molecule has 8 heteroatoms. The van der Waals surface area contributed by atoms with Crippen LogP contribution in [0.15, 0.2) is 28.1 Å². The standard InChI is InChI=1S/C23H29Cl2N3O2S/c1-14-11-16(30-3)12-23(14)7-9-28(10-8-23)21-18(13-29)27-22(15(2)26-21)31-19-6-4-5-17(24)20(19)25/h4-6,14,16,29H,7-13H2,1-3H3/t14-,16+/m1/s1. The van der Waals surface area contributed by atoms with Crippen LogP contribution in [0.1, 0.15) is 44.0 Å². The predicted molar refractivity (Wildman–Crippen MR) is 126 cm³/mol. The van der Waals surface area contributed by atoms with Crippen molar-refractivity contribution in [1.82, 2.24) is 9.97 Å². The molecule has 1 saturated heterocycles. The van der Waals surface area contributed by atoms with E-state index in [0.29, 0.717) is 33.2 Å². The van der Waals surface area contributed by atoms with Gasteiger partial charge in [-0.15, -0.1) is 0 Å². The van der Waals surface area contributed by atoms with E-state index in [1.54, 1.807) is 6.07 Å². The minimum atomic E-state index is -0.150. The molecule has 1 spiro atoms. The average molecular weight is 482 g/mol. The lowest BCUT2D eigenvalue weighted by atomic mass is 9.71. The molecule has 1 N–H and O–H groups in total. The maximum Gasteiger partial charge on any atom is 0.153 e. The largest absolute Gasteiger partial charge is 0.390 e. The van der Waals surface area contributed by atoms with Crippen LogP contribution in [0.25, 0.3) is 0 Å². The zero-order valence-electron chi connectivity index (χ0n) is 18.2. The Balaban J connectivity index is 1.53.